The van der Waals surface area contributed by atoms with Gasteiger partial charge in [0.05, 0.1) is 5.69 Å². The number of rotatable bonds is 6. The van der Waals surface area contributed by atoms with E-state index in [4.69, 9.17) is 10.5 Å². The van der Waals surface area contributed by atoms with E-state index in [0.717, 1.165) is 41.8 Å². The molecule has 0 saturated heterocycles. The molecule has 4 nitrogen and oxygen atoms in total. The zero-order valence-electron chi connectivity index (χ0n) is 13.8. The number of amides is 1. The lowest BCUT2D eigenvalue weighted by Gasteiger charge is -2.33. The van der Waals surface area contributed by atoms with Crippen molar-refractivity contribution in [2.45, 2.75) is 52.2 Å². The standard InChI is InChI=1S/C18H26N2O2/c1-5-6-7-15(19)14-8-9-17-16(10-14)20(11-12(2)3)18(21)13(4)22-17/h8-10,13,15H,2,5-7,11,19H2,1,3-4H3. The van der Waals surface area contributed by atoms with Gasteiger partial charge in [0, 0.05) is 12.6 Å². The van der Waals surface area contributed by atoms with Crippen LogP contribution in [0.1, 0.15) is 51.6 Å². The molecule has 0 bridgehead atoms. The van der Waals surface area contributed by atoms with Crippen LogP contribution in [0.15, 0.2) is 30.4 Å². The predicted octanol–water partition coefficient (Wildman–Crippen LogP) is 3.57. The number of hydrogen-bond acceptors (Lipinski definition) is 3. The number of fused-ring (bicyclic) bond motifs is 1. The normalized spacial score (nSPS) is 18.6. The van der Waals surface area contributed by atoms with Crippen LogP contribution < -0.4 is 15.4 Å². The van der Waals surface area contributed by atoms with Crippen LogP contribution in [0.25, 0.3) is 0 Å². The fraction of sp³-hybridized carbons (Fsp3) is 0.500. The Balaban J connectivity index is 2.34. The molecule has 2 N–H and O–H groups in total. The first-order valence-electron chi connectivity index (χ1n) is 7.96. The van der Waals surface area contributed by atoms with Crippen molar-refractivity contribution < 1.29 is 9.53 Å². The minimum Gasteiger partial charge on any atom is -0.479 e. The second kappa shape index (κ2) is 6.97. The zero-order chi connectivity index (χ0) is 16.3. The fourth-order valence-electron chi connectivity index (χ4n) is 2.68. The van der Waals surface area contributed by atoms with Crippen LogP contribution in [-0.2, 0) is 4.79 Å². The molecule has 1 heterocycles. The molecule has 1 aliphatic rings. The monoisotopic (exact) mass is 302 g/mol. The van der Waals surface area contributed by atoms with Gasteiger partial charge in [0.25, 0.3) is 5.91 Å². The maximum atomic E-state index is 12.4. The average Bonchev–Trinajstić information content (AvgIpc) is 2.48. The number of anilines is 1. The SMILES string of the molecule is C=C(C)CN1C(=O)C(C)Oc2ccc(C(N)CCCC)cc21. The second-order valence-corrected chi connectivity index (χ2v) is 6.12. The molecular formula is C18H26N2O2. The minimum absolute atomic E-state index is 0.00798. The van der Waals surface area contributed by atoms with Crippen LogP contribution in [0.2, 0.25) is 0 Å². The molecule has 0 fully saturated rings. The van der Waals surface area contributed by atoms with Crippen molar-refractivity contribution in [2.75, 3.05) is 11.4 Å². The van der Waals surface area contributed by atoms with Gasteiger partial charge in [-0.15, -0.1) is 0 Å². The van der Waals surface area contributed by atoms with Gasteiger partial charge in [-0.1, -0.05) is 38.0 Å². The molecule has 120 valence electrons. The number of carbonyl (C=O) groups is 1. The maximum Gasteiger partial charge on any atom is 0.268 e. The van der Waals surface area contributed by atoms with Crippen molar-refractivity contribution in [3.8, 4) is 5.75 Å². The summed E-state index contributed by atoms with van der Waals surface area (Å²) in [6.07, 6.45) is 2.70. The highest BCUT2D eigenvalue weighted by atomic mass is 16.5. The molecule has 4 heteroatoms. The van der Waals surface area contributed by atoms with Gasteiger partial charge >= 0.3 is 0 Å². The predicted molar refractivity (Wildman–Crippen MR) is 90.2 cm³/mol. The van der Waals surface area contributed by atoms with E-state index in [2.05, 4.69) is 13.5 Å². The number of benzene rings is 1. The summed E-state index contributed by atoms with van der Waals surface area (Å²) in [6, 6.07) is 5.90. The molecule has 0 radical (unpaired) electrons. The number of nitrogens with zero attached hydrogens (tertiary/aromatic N) is 1. The van der Waals surface area contributed by atoms with E-state index in [9.17, 15) is 4.79 Å². The lowest BCUT2D eigenvalue weighted by molar-refractivity contribution is -0.125. The lowest BCUT2D eigenvalue weighted by atomic mass is 10.00. The molecule has 2 unspecified atom stereocenters. The van der Waals surface area contributed by atoms with E-state index in [0.29, 0.717) is 6.54 Å². The summed E-state index contributed by atoms with van der Waals surface area (Å²) in [7, 11) is 0. The number of nitrogens with two attached hydrogens (primary N) is 1. The van der Waals surface area contributed by atoms with Gasteiger partial charge in [0.15, 0.2) is 6.10 Å². The quantitative estimate of drug-likeness (QED) is 0.817. The Morgan fingerprint density at radius 3 is 2.86 bits per heavy atom. The largest absolute Gasteiger partial charge is 0.479 e. The first-order valence-corrected chi connectivity index (χ1v) is 7.96. The van der Waals surface area contributed by atoms with Crippen molar-refractivity contribution in [1.82, 2.24) is 0 Å². The first-order chi connectivity index (χ1) is 10.4. The van der Waals surface area contributed by atoms with E-state index in [1.54, 1.807) is 11.8 Å². The highest BCUT2D eigenvalue weighted by Crippen LogP contribution is 2.36. The van der Waals surface area contributed by atoms with E-state index >= 15 is 0 Å². The van der Waals surface area contributed by atoms with Crippen LogP contribution in [0.4, 0.5) is 5.69 Å². The van der Waals surface area contributed by atoms with Crippen LogP contribution in [0, 0.1) is 0 Å². The van der Waals surface area contributed by atoms with Crippen molar-refractivity contribution in [2.24, 2.45) is 5.73 Å². The molecule has 0 aliphatic carbocycles. The van der Waals surface area contributed by atoms with Gasteiger partial charge in [0.2, 0.25) is 0 Å². The molecule has 1 aromatic carbocycles. The highest BCUT2D eigenvalue weighted by molar-refractivity contribution is 6.00. The summed E-state index contributed by atoms with van der Waals surface area (Å²) in [4.78, 5) is 14.2. The third-order valence-electron chi connectivity index (χ3n) is 3.92. The molecule has 1 aromatic rings. The molecule has 2 rings (SSSR count). The Morgan fingerprint density at radius 2 is 2.23 bits per heavy atom. The number of carbonyl (C=O) groups excluding carboxylic acids is 1. The van der Waals surface area contributed by atoms with E-state index in [1.807, 2.05) is 25.1 Å². The Morgan fingerprint density at radius 1 is 1.50 bits per heavy atom. The Labute approximate surface area is 132 Å². The fourth-order valence-corrected chi connectivity index (χ4v) is 2.68. The van der Waals surface area contributed by atoms with E-state index < -0.39 is 6.10 Å². The zero-order valence-corrected chi connectivity index (χ0v) is 13.8. The van der Waals surface area contributed by atoms with Crippen LogP contribution in [-0.4, -0.2) is 18.6 Å². The van der Waals surface area contributed by atoms with Crippen molar-refractivity contribution in [3.05, 3.63) is 35.9 Å². The van der Waals surface area contributed by atoms with Gasteiger partial charge in [-0.05, 0) is 38.0 Å². The number of unbranched alkanes of at least 4 members (excludes halogenated alkanes) is 1. The van der Waals surface area contributed by atoms with Gasteiger partial charge in [0.1, 0.15) is 5.75 Å². The molecular weight excluding hydrogens is 276 g/mol. The molecule has 0 aromatic heterocycles. The van der Waals surface area contributed by atoms with E-state index in [1.165, 1.54) is 0 Å². The Kier molecular flexibility index (Phi) is 5.24. The van der Waals surface area contributed by atoms with E-state index in [-0.39, 0.29) is 11.9 Å². The average molecular weight is 302 g/mol. The number of ether oxygens (including phenoxy) is 1. The molecule has 1 amide bonds. The van der Waals surface area contributed by atoms with Crippen LogP contribution >= 0.6 is 0 Å². The minimum atomic E-state index is -0.466. The summed E-state index contributed by atoms with van der Waals surface area (Å²) in [5, 5.41) is 0. The molecule has 0 saturated carbocycles. The summed E-state index contributed by atoms with van der Waals surface area (Å²) in [6.45, 7) is 10.3. The van der Waals surface area contributed by atoms with Gasteiger partial charge in [-0.2, -0.15) is 0 Å². The Hall–Kier alpha value is -1.81. The molecule has 22 heavy (non-hydrogen) atoms. The third kappa shape index (κ3) is 3.50. The summed E-state index contributed by atoms with van der Waals surface area (Å²) in [5.41, 5.74) is 9.05. The summed E-state index contributed by atoms with van der Waals surface area (Å²) >= 11 is 0. The lowest BCUT2D eigenvalue weighted by Crippen LogP contribution is -2.45. The second-order valence-electron chi connectivity index (χ2n) is 6.12. The topological polar surface area (TPSA) is 55.6 Å². The molecule has 1 aliphatic heterocycles. The smallest absolute Gasteiger partial charge is 0.268 e. The van der Waals surface area contributed by atoms with Gasteiger partial charge in [-0.25, -0.2) is 0 Å². The van der Waals surface area contributed by atoms with Crippen molar-refractivity contribution >= 4 is 11.6 Å². The first kappa shape index (κ1) is 16.6. The van der Waals surface area contributed by atoms with Crippen molar-refractivity contribution in [3.63, 3.8) is 0 Å². The molecule has 0 spiro atoms. The van der Waals surface area contributed by atoms with Gasteiger partial charge in [-0.3, -0.25) is 4.79 Å². The number of hydrogen-bond donors (Lipinski definition) is 1. The van der Waals surface area contributed by atoms with Crippen LogP contribution in [0.5, 0.6) is 5.75 Å². The summed E-state index contributed by atoms with van der Waals surface area (Å²) < 4.78 is 5.71. The van der Waals surface area contributed by atoms with Gasteiger partial charge < -0.3 is 15.4 Å². The van der Waals surface area contributed by atoms with Crippen LogP contribution in [0.3, 0.4) is 0 Å². The van der Waals surface area contributed by atoms with Crippen molar-refractivity contribution in [1.29, 1.82) is 0 Å². The summed E-state index contributed by atoms with van der Waals surface area (Å²) in [5.74, 6) is 0.703. The Bertz CT molecular complexity index is 568. The maximum absolute atomic E-state index is 12.4. The molecule has 2 atom stereocenters. The third-order valence-corrected chi connectivity index (χ3v) is 3.92. The highest BCUT2D eigenvalue weighted by Gasteiger charge is 2.31.